The van der Waals surface area contributed by atoms with Gasteiger partial charge in [0.05, 0.1) is 0 Å². The topological polar surface area (TPSA) is 49.4 Å². The van der Waals surface area contributed by atoms with E-state index < -0.39 is 0 Å². The summed E-state index contributed by atoms with van der Waals surface area (Å²) in [4.78, 5) is 22.0. The van der Waals surface area contributed by atoms with Crippen molar-refractivity contribution in [2.45, 2.75) is 13.3 Å². The highest BCUT2D eigenvalue weighted by Gasteiger charge is 2.28. The van der Waals surface area contributed by atoms with Crippen LogP contribution in [0.2, 0.25) is 0 Å². The maximum absolute atomic E-state index is 11.2. The molecule has 0 aliphatic carbocycles. The number of hydrogen-bond acceptors (Lipinski definition) is 2. The van der Waals surface area contributed by atoms with Crippen LogP contribution in [-0.2, 0) is 9.59 Å². The quantitative estimate of drug-likeness (QED) is 0.593. The maximum atomic E-state index is 11.2. The van der Waals surface area contributed by atoms with Crippen LogP contribution in [0, 0.1) is 5.92 Å². The van der Waals surface area contributed by atoms with Gasteiger partial charge in [0.25, 0.3) is 5.91 Å². The standard InChI is InChI=1S/C8H12N2O2/c1-3-7(11)9-10-5-4-6(2)8(10)12/h3,6H,1,4-5H2,2H3,(H,9,11). The van der Waals surface area contributed by atoms with Gasteiger partial charge in [-0.25, -0.2) is 0 Å². The second kappa shape index (κ2) is 3.38. The third kappa shape index (κ3) is 1.64. The normalized spacial score (nSPS) is 22.6. The third-order valence-electron chi connectivity index (χ3n) is 1.90. The van der Waals surface area contributed by atoms with Crippen molar-refractivity contribution >= 4 is 11.8 Å². The first-order valence-electron chi connectivity index (χ1n) is 3.89. The minimum Gasteiger partial charge on any atom is -0.273 e. The van der Waals surface area contributed by atoms with Crippen molar-refractivity contribution in [3.8, 4) is 0 Å². The molecule has 1 unspecified atom stereocenters. The Hall–Kier alpha value is -1.32. The molecule has 0 radical (unpaired) electrons. The molecule has 2 amide bonds. The molecular formula is C8H12N2O2. The lowest BCUT2D eigenvalue weighted by molar-refractivity contribution is -0.138. The summed E-state index contributed by atoms with van der Waals surface area (Å²) in [5.41, 5.74) is 2.44. The second-order valence-corrected chi connectivity index (χ2v) is 2.86. The van der Waals surface area contributed by atoms with E-state index in [2.05, 4.69) is 12.0 Å². The van der Waals surface area contributed by atoms with Gasteiger partial charge in [-0.2, -0.15) is 0 Å². The monoisotopic (exact) mass is 168 g/mol. The Kier molecular flexibility index (Phi) is 2.47. The van der Waals surface area contributed by atoms with E-state index in [0.29, 0.717) is 6.54 Å². The Balaban J connectivity index is 2.49. The molecule has 12 heavy (non-hydrogen) atoms. The Bertz CT molecular complexity index is 225. The maximum Gasteiger partial charge on any atom is 0.261 e. The highest BCUT2D eigenvalue weighted by atomic mass is 16.2. The Morgan fingerprint density at radius 3 is 2.92 bits per heavy atom. The molecule has 1 heterocycles. The molecule has 1 N–H and O–H groups in total. The molecule has 1 fully saturated rings. The van der Waals surface area contributed by atoms with Gasteiger partial charge in [-0.05, 0) is 12.5 Å². The number of rotatable bonds is 2. The van der Waals surface area contributed by atoms with Crippen LogP contribution in [0.4, 0.5) is 0 Å². The summed E-state index contributed by atoms with van der Waals surface area (Å²) in [6.45, 7) is 5.74. The zero-order valence-electron chi connectivity index (χ0n) is 7.04. The predicted octanol–water partition coefficient (Wildman–Crippen LogP) is 0.0720. The summed E-state index contributed by atoms with van der Waals surface area (Å²) in [5.74, 6) is -0.335. The van der Waals surface area contributed by atoms with E-state index in [-0.39, 0.29) is 17.7 Å². The summed E-state index contributed by atoms with van der Waals surface area (Å²) < 4.78 is 0. The van der Waals surface area contributed by atoms with Crippen molar-refractivity contribution < 1.29 is 9.59 Å². The third-order valence-corrected chi connectivity index (χ3v) is 1.90. The largest absolute Gasteiger partial charge is 0.273 e. The van der Waals surface area contributed by atoms with Crippen LogP contribution >= 0.6 is 0 Å². The van der Waals surface area contributed by atoms with Gasteiger partial charge in [0.1, 0.15) is 0 Å². The lowest BCUT2D eigenvalue weighted by Crippen LogP contribution is -2.42. The molecule has 0 bridgehead atoms. The summed E-state index contributed by atoms with van der Waals surface area (Å²) in [7, 11) is 0. The lowest BCUT2D eigenvalue weighted by atomic mass is 10.1. The minimum absolute atomic E-state index is 0.0230. The van der Waals surface area contributed by atoms with Crippen LogP contribution < -0.4 is 5.43 Å². The summed E-state index contributed by atoms with van der Waals surface area (Å²) in [5, 5.41) is 1.34. The van der Waals surface area contributed by atoms with Gasteiger partial charge in [0.15, 0.2) is 0 Å². The lowest BCUT2D eigenvalue weighted by Gasteiger charge is -2.15. The molecule has 0 saturated carbocycles. The van der Waals surface area contributed by atoms with E-state index in [4.69, 9.17) is 0 Å². The van der Waals surface area contributed by atoms with Crippen LogP contribution in [0.3, 0.4) is 0 Å². The van der Waals surface area contributed by atoms with Gasteiger partial charge in [-0.3, -0.25) is 20.0 Å². The summed E-state index contributed by atoms with van der Waals surface area (Å²) in [6, 6.07) is 0. The molecule has 0 aromatic rings. The predicted molar refractivity (Wildman–Crippen MR) is 43.8 cm³/mol. The van der Waals surface area contributed by atoms with Gasteiger partial charge in [-0.1, -0.05) is 13.5 Å². The number of carbonyl (C=O) groups is 2. The van der Waals surface area contributed by atoms with Crippen molar-refractivity contribution in [2.24, 2.45) is 5.92 Å². The van der Waals surface area contributed by atoms with Crippen LogP contribution in [0.5, 0.6) is 0 Å². The molecule has 1 atom stereocenters. The minimum atomic E-state index is -0.336. The molecule has 0 aromatic carbocycles. The van der Waals surface area contributed by atoms with Crippen molar-refractivity contribution in [2.75, 3.05) is 6.54 Å². The Morgan fingerprint density at radius 2 is 2.50 bits per heavy atom. The molecule has 4 heteroatoms. The second-order valence-electron chi connectivity index (χ2n) is 2.86. The zero-order chi connectivity index (χ0) is 9.14. The number of nitrogens with zero attached hydrogens (tertiary/aromatic N) is 1. The van der Waals surface area contributed by atoms with Gasteiger partial charge >= 0.3 is 0 Å². The van der Waals surface area contributed by atoms with E-state index in [0.717, 1.165) is 12.5 Å². The van der Waals surface area contributed by atoms with E-state index in [1.807, 2.05) is 6.92 Å². The average Bonchev–Trinajstić information content (AvgIpc) is 2.36. The first-order valence-corrected chi connectivity index (χ1v) is 3.89. The summed E-state index contributed by atoms with van der Waals surface area (Å²) >= 11 is 0. The van der Waals surface area contributed by atoms with Crippen molar-refractivity contribution in [1.29, 1.82) is 0 Å². The highest BCUT2D eigenvalue weighted by Crippen LogP contribution is 2.14. The molecule has 0 spiro atoms. The molecule has 1 aliphatic heterocycles. The molecule has 0 aromatic heterocycles. The van der Waals surface area contributed by atoms with Crippen molar-refractivity contribution in [3.63, 3.8) is 0 Å². The molecule has 1 saturated heterocycles. The van der Waals surface area contributed by atoms with Crippen LogP contribution in [0.1, 0.15) is 13.3 Å². The van der Waals surface area contributed by atoms with Crippen molar-refractivity contribution in [1.82, 2.24) is 10.4 Å². The Morgan fingerprint density at radius 1 is 1.83 bits per heavy atom. The van der Waals surface area contributed by atoms with Crippen molar-refractivity contribution in [3.05, 3.63) is 12.7 Å². The molecule has 4 nitrogen and oxygen atoms in total. The molecular weight excluding hydrogens is 156 g/mol. The number of nitrogens with one attached hydrogen (secondary N) is 1. The van der Waals surface area contributed by atoms with Gasteiger partial charge < -0.3 is 0 Å². The highest BCUT2D eigenvalue weighted by molar-refractivity contribution is 5.90. The fourth-order valence-electron chi connectivity index (χ4n) is 1.11. The van der Waals surface area contributed by atoms with Gasteiger partial charge in [-0.15, -0.1) is 0 Å². The van der Waals surface area contributed by atoms with Gasteiger partial charge in [0, 0.05) is 12.5 Å². The fraction of sp³-hybridized carbons (Fsp3) is 0.500. The number of hydrazine groups is 1. The smallest absolute Gasteiger partial charge is 0.261 e. The molecule has 1 rings (SSSR count). The fourth-order valence-corrected chi connectivity index (χ4v) is 1.11. The first kappa shape index (κ1) is 8.77. The molecule has 1 aliphatic rings. The number of hydrogen-bond donors (Lipinski definition) is 1. The number of amides is 2. The van der Waals surface area contributed by atoms with E-state index >= 15 is 0 Å². The van der Waals surface area contributed by atoms with E-state index in [1.165, 1.54) is 5.01 Å². The SMILES string of the molecule is C=CC(=O)NN1CCC(C)C1=O. The Labute approximate surface area is 71.2 Å². The molecule has 66 valence electrons. The first-order chi connectivity index (χ1) is 5.65. The summed E-state index contributed by atoms with van der Waals surface area (Å²) in [6.07, 6.45) is 1.95. The van der Waals surface area contributed by atoms with E-state index in [1.54, 1.807) is 0 Å². The number of carbonyl (C=O) groups excluding carboxylic acids is 2. The average molecular weight is 168 g/mol. The zero-order valence-corrected chi connectivity index (χ0v) is 7.04. The van der Waals surface area contributed by atoms with Crippen LogP contribution in [0.25, 0.3) is 0 Å². The van der Waals surface area contributed by atoms with Crippen LogP contribution in [-0.4, -0.2) is 23.4 Å². The van der Waals surface area contributed by atoms with Crippen LogP contribution in [0.15, 0.2) is 12.7 Å². The van der Waals surface area contributed by atoms with Gasteiger partial charge in [0.2, 0.25) is 5.91 Å². The van der Waals surface area contributed by atoms with E-state index in [9.17, 15) is 9.59 Å².